The van der Waals surface area contributed by atoms with Crippen molar-refractivity contribution in [2.45, 2.75) is 45.1 Å². The fourth-order valence-electron chi connectivity index (χ4n) is 4.47. The average molecular weight is 548 g/mol. The summed E-state index contributed by atoms with van der Waals surface area (Å²) >= 11 is 0. The quantitative estimate of drug-likeness (QED) is 0.274. The van der Waals surface area contributed by atoms with Gasteiger partial charge in [0.15, 0.2) is 5.72 Å². The molecule has 3 aromatic carbocycles. The number of amides is 2. The van der Waals surface area contributed by atoms with Gasteiger partial charge in [-0.2, -0.15) is 0 Å². The molecule has 212 valence electrons. The van der Waals surface area contributed by atoms with E-state index >= 15 is 0 Å². The van der Waals surface area contributed by atoms with Gasteiger partial charge >= 0.3 is 0 Å². The first-order valence-electron chi connectivity index (χ1n) is 13.3. The highest BCUT2D eigenvalue weighted by Crippen LogP contribution is 2.31. The van der Waals surface area contributed by atoms with Gasteiger partial charge in [-0.1, -0.05) is 31.2 Å². The first-order chi connectivity index (χ1) is 19.1. The second-order valence-corrected chi connectivity index (χ2v) is 10.3. The van der Waals surface area contributed by atoms with E-state index in [0.29, 0.717) is 48.1 Å². The van der Waals surface area contributed by atoms with E-state index in [9.17, 15) is 14.7 Å². The molecule has 0 saturated heterocycles. The molecular weight excluding hydrogens is 510 g/mol. The Hall–Kier alpha value is -4.08. The van der Waals surface area contributed by atoms with Gasteiger partial charge in [-0.3, -0.25) is 9.59 Å². The van der Waals surface area contributed by atoms with Crippen LogP contribution >= 0.6 is 0 Å². The van der Waals surface area contributed by atoms with Crippen molar-refractivity contribution in [3.63, 3.8) is 0 Å². The van der Waals surface area contributed by atoms with E-state index in [1.165, 1.54) is 0 Å². The minimum absolute atomic E-state index is 0.0871. The molecule has 0 bridgehead atoms. The van der Waals surface area contributed by atoms with Crippen molar-refractivity contribution in [1.82, 2.24) is 16.0 Å². The third kappa shape index (κ3) is 7.52. The summed E-state index contributed by atoms with van der Waals surface area (Å²) in [6.45, 7) is 7.18. The van der Waals surface area contributed by atoms with Crippen LogP contribution in [0, 0.1) is 0 Å². The third-order valence-electron chi connectivity index (χ3n) is 6.54. The van der Waals surface area contributed by atoms with Gasteiger partial charge in [0.2, 0.25) is 0 Å². The number of nitrogens with one attached hydrogen (secondary N) is 3. The Bertz CT molecular complexity index is 1320. The summed E-state index contributed by atoms with van der Waals surface area (Å²) in [6, 6.07) is 20.2. The van der Waals surface area contributed by atoms with Crippen molar-refractivity contribution in [2.75, 3.05) is 26.8 Å². The number of carbonyl (C=O) groups is 2. The Labute approximate surface area is 234 Å². The van der Waals surface area contributed by atoms with Gasteiger partial charge in [-0.15, -0.1) is 0 Å². The summed E-state index contributed by atoms with van der Waals surface area (Å²) in [5, 5.41) is 19.1. The Morgan fingerprint density at radius 2 is 1.73 bits per heavy atom. The zero-order valence-electron chi connectivity index (χ0n) is 23.3. The fourth-order valence-corrected chi connectivity index (χ4v) is 4.47. The van der Waals surface area contributed by atoms with Crippen molar-refractivity contribution in [3.8, 4) is 17.2 Å². The highest BCUT2D eigenvalue weighted by molar-refractivity contribution is 5.98. The van der Waals surface area contributed by atoms with E-state index in [1.54, 1.807) is 57.3 Å². The molecule has 40 heavy (non-hydrogen) atoms. The molecule has 4 N–H and O–H groups in total. The molecule has 9 nitrogen and oxygen atoms in total. The number of ether oxygens (including phenoxy) is 3. The lowest BCUT2D eigenvalue weighted by atomic mass is 9.96. The molecule has 1 aliphatic rings. The van der Waals surface area contributed by atoms with Crippen LogP contribution in [0.5, 0.6) is 17.2 Å². The lowest BCUT2D eigenvalue weighted by molar-refractivity contribution is 0.0431. The van der Waals surface area contributed by atoms with E-state index in [0.717, 1.165) is 11.1 Å². The van der Waals surface area contributed by atoms with Crippen LogP contribution in [0.1, 0.15) is 58.5 Å². The number of rotatable bonds is 12. The van der Waals surface area contributed by atoms with Gasteiger partial charge in [-0.05, 0) is 67.4 Å². The van der Waals surface area contributed by atoms with Crippen molar-refractivity contribution < 1.29 is 28.9 Å². The average Bonchev–Trinajstić information content (AvgIpc) is 2.94. The lowest BCUT2D eigenvalue weighted by Gasteiger charge is -2.33. The molecule has 0 fully saturated rings. The van der Waals surface area contributed by atoms with Crippen molar-refractivity contribution in [3.05, 3.63) is 89.0 Å². The van der Waals surface area contributed by atoms with Crippen LogP contribution in [0.3, 0.4) is 0 Å². The van der Waals surface area contributed by atoms with Gasteiger partial charge in [-0.25, -0.2) is 0 Å². The first-order valence-corrected chi connectivity index (χ1v) is 13.3. The van der Waals surface area contributed by atoms with Gasteiger partial charge in [0.25, 0.3) is 11.8 Å². The number of hydrogen-bond acceptors (Lipinski definition) is 7. The van der Waals surface area contributed by atoms with Crippen LogP contribution in [-0.2, 0) is 6.54 Å². The number of aliphatic hydroxyl groups is 1. The topological polar surface area (TPSA) is 118 Å². The van der Waals surface area contributed by atoms with Crippen molar-refractivity contribution in [2.24, 2.45) is 0 Å². The molecule has 2 atom stereocenters. The van der Waals surface area contributed by atoms with E-state index < -0.39 is 11.8 Å². The maximum Gasteiger partial charge on any atom is 0.258 e. The summed E-state index contributed by atoms with van der Waals surface area (Å²) in [5.41, 5.74) is 2.50. The van der Waals surface area contributed by atoms with Crippen LogP contribution < -0.4 is 30.2 Å². The minimum Gasteiger partial charge on any atom is -0.493 e. The molecule has 0 radical (unpaired) electrons. The van der Waals surface area contributed by atoms with E-state index in [1.807, 2.05) is 18.2 Å². The fraction of sp³-hybridized carbons (Fsp3) is 0.355. The second kappa shape index (κ2) is 12.8. The van der Waals surface area contributed by atoms with Gasteiger partial charge in [0.05, 0.1) is 12.2 Å². The molecule has 0 saturated carbocycles. The number of aliphatic hydroxyl groups excluding tert-OH is 1. The lowest BCUT2D eigenvalue weighted by Crippen LogP contribution is -2.51. The summed E-state index contributed by atoms with van der Waals surface area (Å²) in [7, 11) is 1.58. The Kier molecular flexibility index (Phi) is 9.29. The van der Waals surface area contributed by atoms with E-state index in [-0.39, 0.29) is 24.3 Å². The Morgan fingerprint density at radius 1 is 1.02 bits per heavy atom. The zero-order chi connectivity index (χ0) is 28.7. The zero-order valence-corrected chi connectivity index (χ0v) is 23.3. The van der Waals surface area contributed by atoms with Crippen LogP contribution in [0.2, 0.25) is 0 Å². The van der Waals surface area contributed by atoms with Crippen molar-refractivity contribution in [1.29, 1.82) is 0 Å². The molecule has 3 aromatic rings. The standard InChI is InChI=1S/C31H37N3O6/c1-20(18-38-25-13-14-28-27(15-25)30(37)34-31(2,3)40-28)26-8-6-5-7-22(26)16-33-17-23(35)19-39-24-11-9-21(10-12-24)29(36)32-4/h5-15,20,23,33,35H,16-19H2,1-4H3,(H,32,36)(H,34,37). The number of hydrogen-bond donors (Lipinski definition) is 4. The van der Waals surface area contributed by atoms with E-state index in [4.69, 9.17) is 14.2 Å². The summed E-state index contributed by atoms with van der Waals surface area (Å²) in [5.74, 6) is 1.46. The second-order valence-electron chi connectivity index (χ2n) is 10.3. The van der Waals surface area contributed by atoms with Crippen LogP contribution in [0.25, 0.3) is 0 Å². The minimum atomic E-state index is -0.747. The predicted molar refractivity (Wildman–Crippen MR) is 152 cm³/mol. The SMILES string of the molecule is CNC(=O)c1ccc(OCC(O)CNCc2ccccc2C(C)COc2ccc3c(c2)C(=O)NC(C)(C)O3)cc1. The van der Waals surface area contributed by atoms with Gasteiger partial charge in [0, 0.05) is 31.6 Å². The molecule has 4 rings (SSSR count). The molecule has 2 unspecified atom stereocenters. The maximum atomic E-state index is 12.5. The first kappa shape index (κ1) is 28.9. The molecule has 1 aliphatic heterocycles. The monoisotopic (exact) mass is 547 g/mol. The molecule has 0 aliphatic carbocycles. The smallest absolute Gasteiger partial charge is 0.258 e. The van der Waals surface area contributed by atoms with Crippen LogP contribution in [0.4, 0.5) is 0 Å². The van der Waals surface area contributed by atoms with Crippen LogP contribution in [0.15, 0.2) is 66.7 Å². The van der Waals surface area contributed by atoms with Crippen molar-refractivity contribution >= 4 is 11.8 Å². The number of benzene rings is 3. The largest absolute Gasteiger partial charge is 0.493 e. The Morgan fingerprint density at radius 3 is 2.48 bits per heavy atom. The number of carbonyl (C=O) groups excluding carboxylic acids is 2. The van der Waals surface area contributed by atoms with Gasteiger partial charge < -0.3 is 35.3 Å². The molecule has 0 spiro atoms. The summed E-state index contributed by atoms with van der Waals surface area (Å²) in [6.07, 6.45) is -0.706. The molecule has 9 heteroatoms. The summed E-state index contributed by atoms with van der Waals surface area (Å²) < 4.78 is 17.5. The molecule has 2 amide bonds. The highest BCUT2D eigenvalue weighted by Gasteiger charge is 2.31. The molecular formula is C31H37N3O6. The third-order valence-corrected chi connectivity index (χ3v) is 6.54. The predicted octanol–water partition coefficient (Wildman–Crippen LogP) is 3.62. The van der Waals surface area contributed by atoms with E-state index in [2.05, 4.69) is 35.0 Å². The maximum absolute atomic E-state index is 12.5. The summed E-state index contributed by atoms with van der Waals surface area (Å²) in [4.78, 5) is 24.1. The molecule has 0 aromatic heterocycles. The Balaban J connectivity index is 1.26. The molecule has 1 heterocycles. The normalized spacial score (nSPS) is 15.2. The van der Waals surface area contributed by atoms with Crippen LogP contribution in [-0.4, -0.2) is 55.6 Å². The van der Waals surface area contributed by atoms with Gasteiger partial charge in [0.1, 0.15) is 30.0 Å². The number of fused-ring (bicyclic) bond motifs is 1. The highest BCUT2D eigenvalue weighted by atomic mass is 16.5.